The normalized spacial score (nSPS) is 20.7. The van der Waals surface area contributed by atoms with Gasteiger partial charge in [-0.05, 0) is 43.2 Å². The van der Waals surface area contributed by atoms with Crippen molar-refractivity contribution in [3.8, 4) is 0 Å². The van der Waals surface area contributed by atoms with Gasteiger partial charge in [-0.3, -0.25) is 4.90 Å². The Morgan fingerprint density at radius 3 is 2.86 bits per heavy atom. The van der Waals surface area contributed by atoms with Crippen molar-refractivity contribution in [3.05, 3.63) is 27.7 Å². The second-order valence-corrected chi connectivity index (χ2v) is 7.66. The summed E-state index contributed by atoms with van der Waals surface area (Å²) >= 11 is 3.46. The van der Waals surface area contributed by atoms with E-state index in [1.54, 1.807) is 10.4 Å². The third kappa shape index (κ3) is 2.72. The summed E-state index contributed by atoms with van der Waals surface area (Å²) in [6.45, 7) is 6.59. The second kappa shape index (κ2) is 5.66. The van der Waals surface area contributed by atoms with Crippen LogP contribution in [0.2, 0.25) is 0 Å². The van der Waals surface area contributed by atoms with Crippen molar-refractivity contribution in [2.45, 2.75) is 38.8 Å². The molecule has 0 atom stereocenters. The number of anilines is 1. The molecule has 21 heavy (non-hydrogen) atoms. The molecule has 0 saturated carbocycles. The molecule has 0 bridgehead atoms. The number of hydrogen-bond acceptors (Lipinski definition) is 6. The Hall–Kier alpha value is -0.980. The lowest BCUT2D eigenvalue weighted by Crippen LogP contribution is -2.46. The molecule has 112 valence electrons. The van der Waals surface area contributed by atoms with E-state index in [0.29, 0.717) is 0 Å². The summed E-state index contributed by atoms with van der Waals surface area (Å²) in [5.74, 6) is 0.901. The first-order chi connectivity index (χ1) is 10.3. The predicted octanol–water partition coefficient (Wildman–Crippen LogP) is 2.94. The van der Waals surface area contributed by atoms with Gasteiger partial charge in [0.1, 0.15) is 5.82 Å². The zero-order chi connectivity index (χ0) is 14.2. The molecular formula is C15H20N4S2. The summed E-state index contributed by atoms with van der Waals surface area (Å²) in [6, 6.07) is 3.05. The van der Waals surface area contributed by atoms with Gasteiger partial charge in [0.05, 0.1) is 0 Å². The molecule has 4 heterocycles. The molecule has 0 aromatic carbocycles. The maximum atomic E-state index is 4.52. The Balaban J connectivity index is 1.37. The highest BCUT2D eigenvalue weighted by molar-refractivity contribution is 7.10. The highest BCUT2D eigenvalue weighted by Gasteiger charge is 2.28. The van der Waals surface area contributed by atoms with Crippen LogP contribution in [-0.4, -0.2) is 39.9 Å². The van der Waals surface area contributed by atoms with Gasteiger partial charge in [0.25, 0.3) is 0 Å². The molecule has 0 amide bonds. The summed E-state index contributed by atoms with van der Waals surface area (Å²) in [7, 11) is 0. The molecule has 0 spiro atoms. The van der Waals surface area contributed by atoms with Crippen LogP contribution in [0.1, 0.15) is 29.1 Å². The van der Waals surface area contributed by atoms with Gasteiger partial charge >= 0.3 is 0 Å². The van der Waals surface area contributed by atoms with E-state index < -0.39 is 0 Å². The summed E-state index contributed by atoms with van der Waals surface area (Å²) in [5, 5.41) is 3.35. The van der Waals surface area contributed by atoms with Crippen molar-refractivity contribution in [1.29, 1.82) is 0 Å². The first-order valence-corrected chi connectivity index (χ1v) is 9.29. The van der Waals surface area contributed by atoms with Gasteiger partial charge < -0.3 is 4.90 Å². The molecule has 2 aliphatic rings. The number of thiophene rings is 1. The lowest BCUT2D eigenvalue weighted by Gasteiger charge is -2.40. The SMILES string of the molecule is Cc1nsc(N2CCC(N3CCc4sccc4C3)CC2)n1. The summed E-state index contributed by atoms with van der Waals surface area (Å²) in [5.41, 5.74) is 1.56. The fraction of sp³-hybridized carbons (Fsp3) is 0.600. The molecule has 2 aromatic heterocycles. The molecule has 0 radical (unpaired) electrons. The average molecular weight is 320 g/mol. The van der Waals surface area contributed by atoms with E-state index in [2.05, 4.69) is 30.6 Å². The third-order valence-corrected chi connectivity index (χ3v) is 6.50. The number of aryl methyl sites for hydroxylation is 1. The maximum absolute atomic E-state index is 4.52. The molecule has 6 heteroatoms. The fourth-order valence-corrected chi connectivity index (χ4v) is 5.03. The van der Waals surface area contributed by atoms with E-state index in [4.69, 9.17) is 0 Å². The number of aromatic nitrogens is 2. The second-order valence-electron chi connectivity index (χ2n) is 5.93. The smallest absolute Gasteiger partial charge is 0.205 e. The highest BCUT2D eigenvalue weighted by Crippen LogP contribution is 2.29. The van der Waals surface area contributed by atoms with Crippen LogP contribution >= 0.6 is 22.9 Å². The quantitative estimate of drug-likeness (QED) is 0.851. The van der Waals surface area contributed by atoms with E-state index in [0.717, 1.165) is 36.6 Å². The topological polar surface area (TPSA) is 32.3 Å². The van der Waals surface area contributed by atoms with E-state index >= 15 is 0 Å². The van der Waals surface area contributed by atoms with E-state index in [9.17, 15) is 0 Å². The largest absolute Gasteiger partial charge is 0.347 e. The number of nitrogens with zero attached hydrogens (tertiary/aromatic N) is 4. The summed E-state index contributed by atoms with van der Waals surface area (Å²) < 4.78 is 4.30. The minimum Gasteiger partial charge on any atom is -0.347 e. The molecule has 4 nitrogen and oxygen atoms in total. The van der Waals surface area contributed by atoms with Crippen LogP contribution < -0.4 is 4.90 Å². The standard InChI is InChI=1S/C15H20N4S2/c1-11-16-15(21-17-11)18-6-2-13(3-7-18)19-8-4-14-12(10-19)5-9-20-14/h5,9,13H,2-4,6-8,10H2,1H3. The Kier molecular flexibility index (Phi) is 3.69. The number of hydrogen-bond donors (Lipinski definition) is 0. The van der Waals surface area contributed by atoms with Gasteiger partial charge in [-0.2, -0.15) is 4.37 Å². The van der Waals surface area contributed by atoms with Crippen molar-refractivity contribution < 1.29 is 0 Å². The highest BCUT2D eigenvalue weighted by atomic mass is 32.1. The van der Waals surface area contributed by atoms with Crippen LogP contribution in [0.3, 0.4) is 0 Å². The van der Waals surface area contributed by atoms with Gasteiger partial charge in [0.15, 0.2) is 0 Å². The minimum absolute atomic E-state index is 0.739. The van der Waals surface area contributed by atoms with Crippen molar-refractivity contribution in [3.63, 3.8) is 0 Å². The van der Waals surface area contributed by atoms with E-state index in [1.165, 1.54) is 37.3 Å². The van der Waals surface area contributed by atoms with Crippen molar-refractivity contribution >= 4 is 28.0 Å². The molecule has 2 aromatic rings. The van der Waals surface area contributed by atoms with E-state index in [1.807, 2.05) is 18.3 Å². The van der Waals surface area contributed by atoms with Gasteiger partial charge in [-0.15, -0.1) is 11.3 Å². The summed E-state index contributed by atoms with van der Waals surface area (Å²) in [4.78, 5) is 11.2. The fourth-order valence-electron chi connectivity index (χ4n) is 3.42. The zero-order valence-electron chi connectivity index (χ0n) is 12.3. The third-order valence-electron chi connectivity index (χ3n) is 4.61. The van der Waals surface area contributed by atoms with Gasteiger partial charge in [0, 0.05) is 48.6 Å². The molecule has 2 aliphatic heterocycles. The van der Waals surface area contributed by atoms with Gasteiger partial charge in [-0.25, -0.2) is 4.98 Å². The minimum atomic E-state index is 0.739. The Labute approximate surface area is 133 Å². The number of rotatable bonds is 2. The number of piperidine rings is 1. The first kappa shape index (κ1) is 13.7. The monoisotopic (exact) mass is 320 g/mol. The van der Waals surface area contributed by atoms with E-state index in [-0.39, 0.29) is 0 Å². The molecule has 0 N–H and O–H groups in total. The zero-order valence-corrected chi connectivity index (χ0v) is 13.9. The van der Waals surface area contributed by atoms with Gasteiger partial charge in [0.2, 0.25) is 5.13 Å². The molecule has 1 saturated heterocycles. The first-order valence-electron chi connectivity index (χ1n) is 7.64. The van der Waals surface area contributed by atoms with Crippen molar-refractivity contribution in [2.75, 3.05) is 24.5 Å². The lowest BCUT2D eigenvalue weighted by atomic mass is 10.00. The van der Waals surface area contributed by atoms with Gasteiger partial charge in [-0.1, -0.05) is 0 Å². The maximum Gasteiger partial charge on any atom is 0.205 e. The Morgan fingerprint density at radius 1 is 1.24 bits per heavy atom. The van der Waals surface area contributed by atoms with Crippen LogP contribution in [0, 0.1) is 6.92 Å². The Bertz CT molecular complexity index is 613. The van der Waals surface area contributed by atoms with Crippen LogP contribution in [0.15, 0.2) is 11.4 Å². The van der Waals surface area contributed by atoms with Crippen LogP contribution in [0.4, 0.5) is 5.13 Å². The Morgan fingerprint density at radius 2 is 2.10 bits per heavy atom. The molecule has 0 aliphatic carbocycles. The van der Waals surface area contributed by atoms with Crippen LogP contribution in [0.5, 0.6) is 0 Å². The summed E-state index contributed by atoms with van der Waals surface area (Å²) in [6.07, 6.45) is 3.74. The van der Waals surface area contributed by atoms with Crippen LogP contribution in [-0.2, 0) is 13.0 Å². The van der Waals surface area contributed by atoms with Crippen LogP contribution in [0.25, 0.3) is 0 Å². The predicted molar refractivity (Wildman–Crippen MR) is 88.3 cm³/mol. The molecule has 1 fully saturated rings. The van der Waals surface area contributed by atoms with Crippen molar-refractivity contribution in [1.82, 2.24) is 14.3 Å². The lowest BCUT2D eigenvalue weighted by molar-refractivity contribution is 0.154. The molecular weight excluding hydrogens is 300 g/mol. The van der Waals surface area contributed by atoms with Crippen molar-refractivity contribution in [2.24, 2.45) is 0 Å². The molecule has 0 unspecified atom stereocenters. The average Bonchev–Trinajstić information content (AvgIpc) is 3.15. The molecule has 4 rings (SSSR count). The number of fused-ring (bicyclic) bond motifs is 1.